The molecule has 0 aliphatic carbocycles. The molecule has 0 aromatic heterocycles. The second kappa shape index (κ2) is 37.0. The van der Waals surface area contributed by atoms with Gasteiger partial charge >= 0.3 is 11.9 Å². The summed E-state index contributed by atoms with van der Waals surface area (Å²) in [6, 6.07) is 10.2. The Morgan fingerprint density at radius 1 is 0.472 bits per heavy atom. The number of ether oxygens (including phenoxy) is 5. The van der Waals surface area contributed by atoms with Gasteiger partial charge in [-0.05, 0) is 69.8 Å². The zero-order chi connectivity index (χ0) is 38.5. The lowest BCUT2D eigenvalue weighted by Crippen LogP contribution is -2.26. The number of carbonyl (C=O) groups is 2. The standard InChI is InChI=1S/C46H82O7/c1-5-9-13-22-32-42(30-11-7-3)45(47)52-36-26-16-15-24-34-49-39-44(40-50-38-41-28-20-19-21-29-41)51-35-25-17-18-27-37-53-46(48)43(31-12-8-4)33-23-14-10-6-2/h19-21,28-29,42-44H,5-18,22-27,30-40H2,1-4H3. The van der Waals surface area contributed by atoms with E-state index >= 15 is 0 Å². The van der Waals surface area contributed by atoms with Crippen LogP contribution >= 0.6 is 0 Å². The van der Waals surface area contributed by atoms with E-state index in [-0.39, 0.29) is 29.9 Å². The van der Waals surface area contributed by atoms with Gasteiger partial charge in [-0.2, -0.15) is 0 Å². The van der Waals surface area contributed by atoms with Gasteiger partial charge in [0.25, 0.3) is 0 Å². The van der Waals surface area contributed by atoms with E-state index in [0.29, 0.717) is 46.2 Å². The van der Waals surface area contributed by atoms with Crippen molar-refractivity contribution in [3.63, 3.8) is 0 Å². The number of carbonyl (C=O) groups excluding carboxylic acids is 2. The summed E-state index contributed by atoms with van der Waals surface area (Å²) < 4.78 is 29.7. The van der Waals surface area contributed by atoms with Crippen molar-refractivity contribution in [1.82, 2.24) is 0 Å². The van der Waals surface area contributed by atoms with E-state index < -0.39 is 0 Å². The molecule has 1 rings (SSSR count). The summed E-state index contributed by atoms with van der Waals surface area (Å²) in [5.74, 6) is 0.162. The second-order valence-electron chi connectivity index (χ2n) is 15.1. The molecule has 0 saturated carbocycles. The zero-order valence-electron chi connectivity index (χ0n) is 34.9. The van der Waals surface area contributed by atoms with Gasteiger partial charge in [0.1, 0.15) is 6.10 Å². The van der Waals surface area contributed by atoms with Gasteiger partial charge in [0.05, 0.1) is 44.9 Å². The monoisotopic (exact) mass is 747 g/mol. The highest BCUT2D eigenvalue weighted by atomic mass is 16.6. The lowest BCUT2D eigenvalue weighted by atomic mass is 9.95. The van der Waals surface area contributed by atoms with Gasteiger partial charge in [-0.1, -0.05) is 148 Å². The SMILES string of the molecule is CCCCCCC(CCCC)C(=O)OCCCCCCOCC(COCc1ccccc1)OCCCCCCOC(=O)C(CCCC)CCCCCC. The summed E-state index contributed by atoms with van der Waals surface area (Å²) in [4.78, 5) is 25.4. The molecule has 53 heavy (non-hydrogen) atoms. The number of esters is 2. The predicted octanol–water partition coefficient (Wildman–Crippen LogP) is 12.4. The van der Waals surface area contributed by atoms with Crippen LogP contribution in [0.1, 0.15) is 187 Å². The molecule has 1 aromatic carbocycles. The number of hydrogen-bond donors (Lipinski definition) is 0. The largest absolute Gasteiger partial charge is 0.465 e. The molecule has 0 saturated heterocycles. The minimum absolute atomic E-state index is 0.0109. The molecule has 7 heteroatoms. The molecule has 3 atom stereocenters. The van der Waals surface area contributed by atoms with Crippen LogP contribution in [0.3, 0.4) is 0 Å². The van der Waals surface area contributed by atoms with E-state index in [1.165, 1.54) is 38.5 Å². The van der Waals surface area contributed by atoms with Crippen LogP contribution < -0.4 is 0 Å². The topological polar surface area (TPSA) is 80.3 Å². The Balaban J connectivity index is 2.28. The quantitative estimate of drug-likeness (QED) is 0.0490. The summed E-state index contributed by atoms with van der Waals surface area (Å²) in [6.07, 6.45) is 25.6. The van der Waals surface area contributed by atoms with E-state index in [4.69, 9.17) is 23.7 Å². The lowest BCUT2D eigenvalue weighted by molar-refractivity contribution is -0.150. The van der Waals surface area contributed by atoms with Crippen LogP contribution in [0.5, 0.6) is 0 Å². The van der Waals surface area contributed by atoms with Gasteiger partial charge in [0.2, 0.25) is 0 Å². The molecule has 3 unspecified atom stereocenters. The first-order chi connectivity index (χ1) is 26.0. The summed E-state index contributed by atoms with van der Waals surface area (Å²) in [5, 5.41) is 0. The van der Waals surface area contributed by atoms with E-state index in [1.807, 2.05) is 18.2 Å². The summed E-state index contributed by atoms with van der Waals surface area (Å²) >= 11 is 0. The average Bonchev–Trinajstić information content (AvgIpc) is 3.17. The van der Waals surface area contributed by atoms with Crippen molar-refractivity contribution in [3.05, 3.63) is 35.9 Å². The van der Waals surface area contributed by atoms with Crippen molar-refractivity contribution in [2.45, 2.75) is 195 Å². The van der Waals surface area contributed by atoms with Crippen LogP contribution in [-0.2, 0) is 39.9 Å². The highest BCUT2D eigenvalue weighted by molar-refractivity contribution is 5.72. The minimum Gasteiger partial charge on any atom is -0.465 e. The summed E-state index contributed by atoms with van der Waals surface area (Å²) in [5.41, 5.74) is 1.15. The number of rotatable bonds is 39. The fourth-order valence-corrected chi connectivity index (χ4v) is 6.59. The molecule has 0 aliphatic heterocycles. The highest BCUT2D eigenvalue weighted by Crippen LogP contribution is 2.21. The number of unbranched alkanes of at least 4 members (excludes halogenated alkanes) is 14. The van der Waals surface area contributed by atoms with Crippen molar-refractivity contribution < 1.29 is 33.3 Å². The van der Waals surface area contributed by atoms with Gasteiger partial charge in [-0.3, -0.25) is 9.59 Å². The predicted molar refractivity (Wildman–Crippen MR) is 219 cm³/mol. The van der Waals surface area contributed by atoms with E-state index in [2.05, 4.69) is 39.8 Å². The Labute approximate surface area is 326 Å². The molecular formula is C46H82O7. The van der Waals surface area contributed by atoms with Crippen LogP contribution in [0.15, 0.2) is 30.3 Å². The first-order valence-electron chi connectivity index (χ1n) is 22.2. The second-order valence-corrected chi connectivity index (χ2v) is 15.1. The third-order valence-electron chi connectivity index (χ3n) is 10.1. The fraction of sp³-hybridized carbons (Fsp3) is 0.826. The maximum absolute atomic E-state index is 12.7. The van der Waals surface area contributed by atoms with Crippen molar-refractivity contribution >= 4 is 11.9 Å². The molecule has 0 aliphatic rings. The highest BCUT2D eigenvalue weighted by Gasteiger charge is 2.20. The first-order valence-corrected chi connectivity index (χ1v) is 22.2. The van der Waals surface area contributed by atoms with Gasteiger partial charge in [-0.25, -0.2) is 0 Å². The maximum atomic E-state index is 12.7. The summed E-state index contributed by atoms with van der Waals surface area (Å²) in [6.45, 7) is 12.8. The van der Waals surface area contributed by atoms with E-state index in [9.17, 15) is 9.59 Å². The normalized spacial score (nSPS) is 13.1. The minimum atomic E-state index is -0.112. The van der Waals surface area contributed by atoms with Gasteiger partial charge in [0.15, 0.2) is 0 Å². The first kappa shape index (κ1) is 49.1. The van der Waals surface area contributed by atoms with Crippen molar-refractivity contribution in [1.29, 1.82) is 0 Å². The molecule has 1 aromatic rings. The molecule has 7 nitrogen and oxygen atoms in total. The Kier molecular flexibility index (Phi) is 34.2. The van der Waals surface area contributed by atoms with Crippen molar-refractivity contribution in [2.24, 2.45) is 11.8 Å². The van der Waals surface area contributed by atoms with E-state index in [1.54, 1.807) is 0 Å². The average molecular weight is 747 g/mol. The van der Waals surface area contributed by atoms with Crippen molar-refractivity contribution in [3.8, 4) is 0 Å². The zero-order valence-corrected chi connectivity index (χ0v) is 34.9. The van der Waals surface area contributed by atoms with Crippen LogP contribution in [-0.4, -0.2) is 57.7 Å². The molecule has 0 N–H and O–H groups in total. The van der Waals surface area contributed by atoms with Crippen LogP contribution in [0.4, 0.5) is 0 Å². The Hall–Kier alpha value is -1.96. The lowest BCUT2D eigenvalue weighted by Gasteiger charge is -2.19. The van der Waals surface area contributed by atoms with Gasteiger partial charge in [0, 0.05) is 13.2 Å². The van der Waals surface area contributed by atoms with Crippen molar-refractivity contribution in [2.75, 3.05) is 39.6 Å². The van der Waals surface area contributed by atoms with Crippen LogP contribution in [0, 0.1) is 11.8 Å². The fourth-order valence-electron chi connectivity index (χ4n) is 6.59. The van der Waals surface area contributed by atoms with Gasteiger partial charge in [-0.15, -0.1) is 0 Å². The molecule has 0 spiro atoms. The molecular weight excluding hydrogens is 664 g/mol. The number of benzene rings is 1. The van der Waals surface area contributed by atoms with Gasteiger partial charge < -0.3 is 23.7 Å². The molecule has 0 radical (unpaired) electrons. The number of hydrogen-bond acceptors (Lipinski definition) is 7. The molecule has 0 heterocycles. The molecule has 0 bridgehead atoms. The Morgan fingerprint density at radius 3 is 1.42 bits per heavy atom. The molecule has 0 fully saturated rings. The van der Waals surface area contributed by atoms with E-state index in [0.717, 1.165) is 121 Å². The van der Waals surface area contributed by atoms with Crippen LogP contribution in [0.25, 0.3) is 0 Å². The third kappa shape index (κ3) is 29.1. The van der Waals surface area contributed by atoms with Crippen LogP contribution in [0.2, 0.25) is 0 Å². The smallest absolute Gasteiger partial charge is 0.308 e. The Bertz CT molecular complexity index is 939. The summed E-state index contributed by atoms with van der Waals surface area (Å²) in [7, 11) is 0. The molecule has 308 valence electrons. The molecule has 0 amide bonds. The third-order valence-corrected chi connectivity index (χ3v) is 10.1. The Morgan fingerprint density at radius 2 is 0.906 bits per heavy atom. The maximum Gasteiger partial charge on any atom is 0.308 e.